The van der Waals surface area contributed by atoms with E-state index in [-0.39, 0.29) is 17.8 Å². The fraction of sp³-hybridized carbons (Fsp3) is 0.407. The zero-order chi connectivity index (χ0) is 26.0. The Hall–Kier alpha value is -3.72. The molecular formula is C27H31N3O6. The predicted molar refractivity (Wildman–Crippen MR) is 133 cm³/mol. The van der Waals surface area contributed by atoms with Gasteiger partial charge in [-0.3, -0.25) is 14.9 Å². The van der Waals surface area contributed by atoms with Crippen LogP contribution in [0.15, 0.2) is 65.9 Å². The maximum absolute atomic E-state index is 13.3. The van der Waals surface area contributed by atoms with Gasteiger partial charge in [0.2, 0.25) is 0 Å². The molecule has 1 fully saturated rings. The zero-order valence-corrected chi connectivity index (χ0v) is 20.5. The number of carbonyl (C=O) groups is 2. The van der Waals surface area contributed by atoms with Gasteiger partial charge in [0, 0.05) is 42.9 Å². The predicted octanol–water partition coefficient (Wildman–Crippen LogP) is 4.11. The van der Waals surface area contributed by atoms with Crippen LogP contribution >= 0.6 is 0 Å². The van der Waals surface area contributed by atoms with Gasteiger partial charge in [0.05, 0.1) is 10.5 Å². The highest BCUT2D eigenvalue weighted by atomic mass is 16.6. The molecule has 9 heteroatoms. The van der Waals surface area contributed by atoms with Crippen LogP contribution in [-0.2, 0) is 16.1 Å². The van der Waals surface area contributed by atoms with Crippen molar-refractivity contribution >= 4 is 17.6 Å². The second kappa shape index (κ2) is 10.1. The highest BCUT2D eigenvalue weighted by Gasteiger charge is 2.59. The number of nitro groups is 1. The van der Waals surface area contributed by atoms with Crippen LogP contribution in [0.3, 0.4) is 0 Å². The molecule has 0 aliphatic carbocycles. The van der Waals surface area contributed by atoms with Crippen molar-refractivity contribution in [3.05, 3.63) is 87.1 Å². The van der Waals surface area contributed by atoms with Crippen LogP contribution in [-0.4, -0.2) is 62.6 Å². The van der Waals surface area contributed by atoms with Crippen LogP contribution in [0.5, 0.6) is 0 Å². The number of nitro benzene ring substituents is 1. The summed E-state index contributed by atoms with van der Waals surface area (Å²) in [7, 11) is 0. The molecule has 36 heavy (non-hydrogen) atoms. The van der Waals surface area contributed by atoms with Crippen molar-refractivity contribution < 1.29 is 24.7 Å². The second-order valence-corrected chi connectivity index (χ2v) is 9.71. The summed E-state index contributed by atoms with van der Waals surface area (Å²) in [6.07, 6.45) is 1.89. The molecule has 3 atom stereocenters. The average Bonchev–Trinajstić information content (AvgIpc) is 3.36. The highest BCUT2D eigenvalue weighted by Crippen LogP contribution is 2.52. The highest BCUT2D eigenvalue weighted by molar-refractivity contribution is 5.93. The summed E-state index contributed by atoms with van der Waals surface area (Å²) < 4.78 is 0. The molecule has 2 aliphatic rings. The van der Waals surface area contributed by atoms with Gasteiger partial charge in [0.1, 0.15) is 5.41 Å². The lowest BCUT2D eigenvalue weighted by Crippen LogP contribution is -2.61. The standard InChI is InChI=1S/C27H31N3O6/c1-18-23(25(31)32)24(21-11-8-12-22(15-21)30(35)36)27(26(33)34,17-28-13-6-7-14-28)19(2)29(18)16-20-9-4-3-5-10-20/h3-5,8-12,15,19,24H,6-7,13-14,16-17H2,1-2H3,(H,31,32)(H,33,34)/t19?,24-,27+/m1/s1. The molecule has 0 spiro atoms. The maximum Gasteiger partial charge on any atom is 0.333 e. The molecule has 0 aromatic heterocycles. The van der Waals surface area contributed by atoms with E-state index in [0.717, 1.165) is 31.5 Å². The number of nitrogens with zero attached hydrogens (tertiary/aromatic N) is 3. The Morgan fingerprint density at radius 2 is 1.75 bits per heavy atom. The zero-order valence-electron chi connectivity index (χ0n) is 20.5. The molecule has 1 unspecified atom stereocenters. The Morgan fingerprint density at radius 3 is 2.33 bits per heavy atom. The first-order valence-electron chi connectivity index (χ1n) is 12.1. The van der Waals surface area contributed by atoms with Crippen molar-refractivity contribution in [2.45, 2.75) is 45.2 Å². The number of carboxylic acid groups (broad SMARTS) is 2. The largest absolute Gasteiger partial charge is 0.481 e. The van der Waals surface area contributed by atoms with Gasteiger partial charge < -0.3 is 20.0 Å². The molecule has 0 saturated carbocycles. The van der Waals surface area contributed by atoms with Gasteiger partial charge >= 0.3 is 11.9 Å². The Morgan fingerprint density at radius 1 is 1.08 bits per heavy atom. The van der Waals surface area contributed by atoms with Crippen molar-refractivity contribution in [3.8, 4) is 0 Å². The van der Waals surface area contributed by atoms with E-state index >= 15 is 0 Å². The van der Waals surface area contributed by atoms with Gasteiger partial charge in [-0.05, 0) is 50.9 Å². The topological polar surface area (TPSA) is 124 Å². The third-order valence-electron chi connectivity index (χ3n) is 7.76. The summed E-state index contributed by atoms with van der Waals surface area (Å²) in [5.41, 5.74) is -0.0624. The minimum Gasteiger partial charge on any atom is -0.481 e. The Balaban J connectivity index is 1.97. The number of aliphatic carboxylic acids is 2. The molecular weight excluding hydrogens is 462 g/mol. The van der Waals surface area contributed by atoms with Crippen molar-refractivity contribution in [1.82, 2.24) is 9.80 Å². The number of non-ortho nitro benzene ring substituents is 1. The van der Waals surface area contributed by atoms with E-state index in [1.165, 1.54) is 18.2 Å². The third-order valence-corrected chi connectivity index (χ3v) is 7.76. The lowest BCUT2D eigenvalue weighted by Gasteiger charge is -2.53. The lowest BCUT2D eigenvalue weighted by atomic mass is 9.61. The molecule has 2 aromatic carbocycles. The average molecular weight is 494 g/mol. The maximum atomic E-state index is 13.3. The smallest absolute Gasteiger partial charge is 0.333 e. The van der Waals surface area contributed by atoms with Crippen molar-refractivity contribution in [3.63, 3.8) is 0 Å². The molecule has 0 bridgehead atoms. The van der Waals surface area contributed by atoms with Crippen molar-refractivity contribution in [2.75, 3.05) is 19.6 Å². The minimum absolute atomic E-state index is 0.0360. The van der Waals surface area contributed by atoms with E-state index in [1.807, 2.05) is 42.2 Å². The fourth-order valence-electron chi connectivity index (χ4n) is 5.93. The van der Waals surface area contributed by atoms with Crippen LogP contribution in [0.4, 0.5) is 5.69 Å². The molecule has 2 aromatic rings. The monoisotopic (exact) mass is 493 g/mol. The quantitative estimate of drug-likeness (QED) is 0.416. The second-order valence-electron chi connectivity index (χ2n) is 9.71. The number of benzene rings is 2. The first kappa shape index (κ1) is 25.4. The van der Waals surface area contributed by atoms with Crippen LogP contribution < -0.4 is 0 Å². The molecule has 2 N–H and O–H groups in total. The molecule has 4 rings (SSSR count). The van der Waals surface area contributed by atoms with Crippen molar-refractivity contribution in [2.24, 2.45) is 5.41 Å². The molecule has 0 radical (unpaired) electrons. The number of hydrogen-bond donors (Lipinski definition) is 2. The van der Waals surface area contributed by atoms with Gasteiger partial charge in [0.25, 0.3) is 5.69 Å². The van der Waals surface area contributed by atoms with Crippen LogP contribution in [0.1, 0.15) is 43.7 Å². The van der Waals surface area contributed by atoms with Gasteiger partial charge in [-0.25, -0.2) is 4.79 Å². The Kier molecular flexibility index (Phi) is 7.12. The lowest BCUT2D eigenvalue weighted by molar-refractivity contribution is -0.384. The van der Waals surface area contributed by atoms with Crippen molar-refractivity contribution in [1.29, 1.82) is 0 Å². The third kappa shape index (κ3) is 4.46. The summed E-state index contributed by atoms with van der Waals surface area (Å²) >= 11 is 0. The van der Waals surface area contributed by atoms with E-state index < -0.39 is 34.2 Å². The summed E-state index contributed by atoms with van der Waals surface area (Å²) in [5, 5.41) is 32.9. The fourth-order valence-corrected chi connectivity index (χ4v) is 5.93. The van der Waals surface area contributed by atoms with Gasteiger partial charge in [-0.15, -0.1) is 0 Å². The van der Waals surface area contributed by atoms with E-state index in [1.54, 1.807) is 13.0 Å². The number of carboxylic acids is 2. The van der Waals surface area contributed by atoms with Gasteiger partial charge in [0.15, 0.2) is 0 Å². The van der Waals surface area contributed by atoms with Crippen LogP contribution in [0.25, 0.3) is 0 Å². The first-order chi connectivity index (χ1) is 17.2. The molecule has 9 nitrogen and oxygen atoms in total. The number of likely N-dealkylation sites (tertiary alicyclic amines) is 1. The van der Waals surface area contributed by atoms with Gasteiger partial charge in [-0.2, -0.15) is 0 Å². The molecule has 2 aliphatic heterocycles. The molecule has 0 amide bonds. The van der Waals surface area contributed by atoms with Crippen LogP contribution in [0.2, 0.25) is 0 Å². The summed E-state index contributed by atoms with van der Waals surface area (Å²) in [6.45, 7) is 5.49. The summed E-state index contributed by atoms with van der Waals surface area (Å²) in [5.74, 6) is -3.40. The van der Waals surface area contributed by atoms with Gasteiger partial charge in [-0.1, -0.05) is 42.5 Å². The summed E-state index contributed by atoms with van der Waals surface area (Å²) in [6, 6.07) is 14.7. The molecule has 190 valence electrons. The number of hydrogen-bond acceptors (Lipinski definition) is 6. The van der Waals surface area contributed by atoms with E-state index in [0.29, 0.717) is 17.8 Å². The normalized spacial score (nSPS) is 24.7. The van der Waals surface area contributed by atoms with E-state index in [9.17, 15) is 29.9 Å². The number of allylic oxidation sites excluding steroid dienone is 1. The van der Waals surface area contributed by atoms with Crippen LogP contribution in [0, 0.1) is 15.5 Å². The molecule has 1 saturated heterocycles. The Bertz CT molecular complexity index is 1190. The van der Waals surface area contributed by atoms with E-state index in [2.05, 4.69) is 4.90 Å². The van der Waals surface area contributed by atoms with E-state index in [4.69, 9.17) is 0 Å². The first-order valence-corrected chi connectivity index (χ1v) is 12.1. The molecule has 2 heterocycles. The Labute approximate surface area is 209 Å². The number of rotatable bonds is 8. The SMILES string of the molecule is CC1=C(C(=O)O)[C@@H](c2cccc([N+](=O)[O-])c2)[C@@](CN2CCCC2)(C(=O)O)C(C)N1Cc1ccccc1. The summed E-state index contributed by atoms with van der Waals surface area (Å²) in [4.78, 5) is 41.1. The minimum atomic E-state index is -1.55.